The lowest BCUT2D eigenvalue weighted by molar-refractivity contribution is -0.322. The summed E-state index contributed by atoms with van der Waals surface area (Å²) in [5.74, 6) is 5.19. The molecule has 0 amide bonds. The first-order chi connectivity index (χ1) is 21.1. The molecule has 14 heteroatoms. The number of esters is 1. The molecule has 7 rings (SSSR count). The van der Waals surface area contributed by atoms with Gasteiger partial charge in [-0.05, 0) is 12.1 Å². The fourth-order valence-corrected chi connectivity index (χ4v) is 6.10. The van der Waals surface area contributed by atoms with E-state index in [4.69, 9.17) is 44.0 Å². The molecule has 0 aliphatic carbocycles. The molecule has 5 aliphatic rings. The highest BCUT2D eigenvalue weighted by molar-refractivity contribution is 5.90. The van der Waals surface area contributed by atoms with E-state index in [9.17, 15) is 24.9 Å². The molecule has 2 aromatic carbocycles. The third-order valence-corrected chi connectivity index (χ3v) is 8.25. The van der Waals surface area contributed by atoms with Gasteiger partial charge in [-0.25, -0.2) is 0 Å². The van der Waals surface area contributed by atoms with Crippen molar-refractivity contribution in [3.8, 4) is 40.6 Å². The van der Waals surface area contributed by atoms with Crippen LogP contribution in [0, 0.1) is 11.8 Å². The Balaban J connectivity index is 1.35. The number of carbonyl (C=O) groups is 2. The Morgan fingerprint density at radius 3 is 2.64 bits per heavy atom. The molecule has 0 saturated carbocycles. The molecule has 5 aliphatic heterocycles. The van der Waals surface area contributed by atoms with E-state index in [-0.39, 0.29) is 18.3 Å². The predicted molar refractivity (Wildman–Crippen MR) is 147 cm³/mol. The van der Waals surface area contributed by atoms with E-state index in [2.05, 4.69) is 11.8 Å². The van der Waals surface area contributed by atoms with Crippen LogP contribution < -0.4 is 29.4 Å². The third kappa shape index (κ3) is 4.83. The number of ether oxygens (including phenoxy) is 7. The number of methoxy groups -OCH3 is 2. The predicted octanol–water partition coefficient (Wildman–Crippen LogP) is -0.0295. The summed E-state index contributed by atoms with van der Waals surface area (Å²) in [7, 11) is 3.07. The number of benzene rings is 2. The van der Waals surface area contributed by atoms with Crippen LogP contribution in [0.15, 0.2) is 24.3 Å². The van der Waals surface area contributed by atoms with Crippen molar-refractivity contribution in [2.45, 2.75) is 61.2 Å². The molecule has 0 spiro atoms. The van der Waals surface area contributed by atoms with Crippen LogP contribution in [-0.4, -0.2) is 96.0 Å². The number of aliphatic carboxylic acids is 1. The van der Waals surface area contributed by atoms with E-state index in [1.165, 1.54) is 7.11 Å². The summed E-state index contributed by atoms with van der Waals surface area (Å²) in [6.45, 7) is -0.123. The molecule has 8 atom stereocenters. The van der Waals surface area contributed by atoms with Crippen LogP contribution in [-0.2, 0) is 19.1 Å². The molecule has 44 heavy (non-hydrogen) atoms. The maximum Gasteiger partial charge on any atom is 0.317 e. The van der Waals surface area contributed by atoms with Gasteiger partial charge in [-0.2, -0.15) is 0 Å². The van der Waals surface area contributed by atoms with Gasteiger partial charge < -0.3 is 59.3 Å². The monoisotopic (exact) mass is 613 g/mol. The van der Waals surface area contributed by atoms with Gasteiger partial charge in [0, 0.05) is 30.2 Å². The van der Waals surface area contributed by atoms with Crippen LogP contribution in [0.1, 0.15) is 41.6 Å². The fourth-order valence-electron chi connectivity index (χ4n) is 6.10. The van der Waals surface area contributed by atoms with Crippen molar-refractivity contribution in [3.63, 3.8) is 0 Å². The molecule has 2 bridgehead atoms. The minimum Gasteiger partial charge on any atom is -0.493 e. The van der Waals surface area contributed by atoms with Crippen molar-refractivity contribution in [1.82, 2.24) is 0 Å². The molecular weight excluding hydrogens is 582 g/mol. The highest BCUT2D eigenvalue weighted by Gasteiger charge is 2.58. The molecule has 1 fully saturated rings. The van der Waals surface area contributed by atoms with Gasteiger partial charge in [0.15, 0.2) is 11.5 Å². The van der Waals surface area contributed by atoms with E-state index in [1.54, 1.807) is 25.3 Å². The number of aliphatic hydroxyl groups is 3. The van der Waals surface area contributed by atoms with E-state index in [0.29, 0.717) is 34.1 Å². The van der Waals surface area contributed by atoms with Crippen LogP contribution >= 0.6 is 0 Å². The number of carbonyl (C=O) groups excluding carboxylic acids is 1. The van der Waals surface area contributed by atoms with Gasteiger partial charge in [-0.3, -0.25) is 9.59 Å². The highest BCUT2D eigenvalue weighted by atomic mass is 16.7. The number of carboxylic acid groups (broad SMARTS) is 1. The molecule has 5 heterocycles. The van der Waals surface area contributed by atoms with Crippen molar-refractivity contribution in [1.29, 1.82) is 0 Å². The Morgan fingerprint density at radius 2 is 1.93 bits per heavy atom. The minimum atomic E-state index is -2.27. The maximum absolute atomic E-state index is 12.1. The lowest BCUT2D eigenvalue weighted by Gasteiger charge is -2.49. The average molecular weight is 614 g/mol. The number of aliphatic hydroxyl groups excluding tert-OH is 2. The van der Waals surface area contributed by atoms with Crippen molar-refractivity contribution in [2.24, 2.45) is 5.73 Å². The number of rotatable bonds is 7. The summed E-state index contributed by atoms with van der Waals surface area (Å²) in [6.07, 6.45) is -9.96. The maximum atomic E-state index is 12.1. The molecule has 234 valence electrons. The number of hydrogen-bond donors (Lipinski definition) is 5. The Morgan fingerprint density at radius 1 is 1.14 bits per heavy atom. The van der Waals surface area contributed by atoms with Gasteiger partial charge in [0.2, 0.25) is 12.0 Å². The van der Waals surface area contributed by atoms with Gasteiger partial charge in [-0.1, -0.05) is 17.9 Å². The standard InChI is InChI=1S/C30H31NO13/c1-38-17-6-5-14-16-12-40-19-9-18-13(8-15(19)24(16)43-25(14)26(17)39-2)4-3-7-30(37)27(36)23(35)29(42-18)44-28(30)20(11-31)41-22(34)10-21(32)33/h5-6,8-9,16,20,23-24,27-29,35-37H,7,10-12,31H2,1-2H3,(H,32,33)/t16-,20-,23+,24+,27+,28+,29-,30-/m0/s1. The highest BCUT2D eigenvalue weighted by Crippen LogP contribution is 2.56. The summed E-state index contributed by atoms with van der Waals surface area (Å²) in [6, 6.07) is 7.03. The van der Waals surface area contributed by atoms with Crippen LogP contribution in [0.3, 0.4) is 0 Å². The van der Waals surface area contributed by atoms with Crippen LogP contribution in [0.25, 0.3) is 0 Å². The molecule has 1 saturated heterocycles. The largest absolute Gasteiger partial charge is 0.493 e. The van der Waals surface area contributed by atoms with Crippen LogP contribution in [0.5, 0.6) is 28.7 Å². The zero-order valence-corrected chi connectivity index (χ0v) is 23.7. The third-order valence-electron chi connectivity index (χ3n) is 8.25. The topological polar surface area (TPSA) is 206 Å². The minimum absolute atomic E-state index is 0.152. The second-order valence-electron chi connectivity index (χ2n) is 10.8. The van der Waals surface area contributed by atoms with Gasteiger partial charge in [-0.15, -0.1) is 0 Å². The van der Waals surface area contributed by atoms with Crippen LogP contribution in [0.4, 0.5) is 0 Å². The van der Waals surface area contributed by atoms with E-state index in [0.717, 1.165) is 5.56 Å². The fraction of sp³-hybridized carbons (Fsp3) is 0.467. The van der Waals surface area contributed by atoms with Crippen molar-refractivity contribution >= 4 is 11.9 Å². The molecule has 14 nitrogen and oxygen atoms in total. The summed E-state index contributed by atoms with van der Waals surface area (Å²) in [4.78, 5) is 23.1. The normalized spacial score (nSPS) is 29.9. The smallest absolute Gasteiger partial charge is 0.317 e. The van der Waals surface area contributed by atoms with Gasteiger partial charge >= 0.3 is 11.9 Å². The molecular formula is C30H31NO13. The zero-order valence-electron chi connectivity index (χ0n) is 23.7. The quantitative estimate of drug-likeness (QED) is 0.158. The first kappa shape index (κ1) is 29.8. The summed E-state index contributed by atoms with van der Waals surface area (Å²) in [5, 5.41) is 42.4. The number of fused-ring (bicyclic) bond motifs is 8. The number of nitrogens with two attached hydrogens (primary N) is 1. The molecule has 6 N–H and O–H groups in total. The summed E-state index contributed by atoms with van der Waals surface area (Å²) in [5.41, 5.74) is 5.48. The first-order valence-electron chi connectivity index (χ1n) is 13.8. The van der Waals surface area contributed by atoms with E-state index in [1.807, 2.05) is 6.07 Å². The summed E-state index contributed by atoms with van der Waals surface area (Å²) < 4.78 is 40.6. The Hall–Kier alpha value is -4.26. The Kier molecular flexibility index (Phi) is 7.68. The van der Waals surface area contributed by atoms with Gasteiger partial charge in [0.1, 0.15) is 54.0 Å². The van der Waals surface area contributed by atoms with Gasteiger partial charge in [0.05, 0.1) is 32.3 Å². The average Bonchev–Trinajstić information content (AvgIpc) is 3.38. The van der Waals surface area contributed by atoms with Crippen molar-refractivity contribution in [3.05, 3.63) is 41.0 Å². The van der Waals surface area contributed by atoms with E-state index >= 15 is 0 Å². The lowest BCUT2D eigenvalue weighted by atomic mass is 9.79. The SMILES string of the molecule is COc1ccc2c(c1OC)O[C@@H]1c3cc4c(cc3OC[C@@H]21)O[C@H]1O[C@H]([C@H](CN)OC(=O)CC(=O)O)[C@](O)(CC#C4)[C@H](O)[C@H]1O. The number of hydrogen-bond acceptors (Lipinski definition) is 13. The van der Waals surface area contributed by atoms with Crippen LogP contribution in [0.2, 0.25) is 0 Å². The first-order valence-corrected chi connectivity index (χ1v) is 13.8. The second-order valence-corrected chi connectivity index (χ2v) is 10.8. The Labute approximate surface area is 251 Å². The van der Waals surface area contributed by atoms with E-state index < -0.39 is 73.7 Å². The molecule has 0 aromatic heterocycles. The molecule has 0 unspecified atom stereocenters. The number of carboxylic acids is 1. The second kappa shape index (κ2) is 11.3. The van der Waals surface area contributed by atoms with Crippen molar-refractivity contribution < 1.29 is 63.2 Å². The Bertz CT molecular complexity index is 1550. The van der Waals surface area contributed by atoms with Crippen molar-refractivity contribution in [2.75, 3.05) is 27.4 Å². The molecule has 0 radical (unpaired) electrons. The van der Waals surface area contributed by atoms with Gasteiger partial charge in [0.25, 0.3) is 0 Å². The summed E-state index contributed by atoms with van der Waals surface area (Å²) >= 11 is 0. The lowest BCUT2D eigenvalue weighted by Crippen LogP contribution is -2.70. The zero-order chi connectivity index (χ0) is 31.3. The molecule has 2 aromatic rings.